The third-order valence-electron chi connectivity index (χ3n) is 3.82. The first-order valence-electron chi connectivity index (χ1n) is 6.79. The van der Waals surface area contributed by atoms with Gasteiger partial charge >= 0.3 is 0 Å². The summed E-state index contributed by atoms with van der Waals surface area (Å²) in [4.78, 5) is 0. The molecular weight excluding hydrogens is 224 g/mol. The lowest BCUT2D eigenvalue weighted by atomic mass is 9.80. The molecule has 0 saturated heterocycles. The summed E-state index contributed by atoms with van der Waals surface area (Å²) in [5.74, 6) is 2.33. The molecular formula is C15H24N2O. The third kappa shape index (κ3) is 2.89. The standard InChI is InChI=1S/C15H24N2O/c1-10-7-11(2)9-12(8-10)17-13-5-4-6-14(18-3)15(13)16/h4-6,10-12,17H,7-9,16H2,1-3H3. The molecule has 2 unspecified atom stereocenters. The minimum Gasteiger partial charge on any atom is -0.495 e. The molecule has 3 N–H and O–H groups in total. The molecule has 0 amide bonds. The summed E-state index contributed by atoms with van der Waals surface area (Å²) in [6.45, 7) is 4.67. The lowest BCUT2D eigenvalue weighted by Gasteiger charge is -2.33. The highest BCUT2D eigenvalue weighted by Crippen LogP contribution is 2.34. The average Bonchev–Trinajstić information content (AvgIpc) is 2.30. The fourth-order valence-corrected chi connectivity index (χ4v) is 3.13. The van der Waals surface area contributed by atoms with Crippen LogP contribution in [0.5, 0.6) is 5.75 Å². The van der Waals surface area contributed by atoms with Gasteiger partial charge in [-0.2, -0.15) is 0 Å². The summed E-state index contributed by atoms with van der Waals surface area (Å²) < 4.78 is 5.25. The maximum absolute atomic E-state index is 6.09. The molecule has 1 aromatic carbocycles. The molecule has 0 spiro atoms. The Morgan fingerprint density at radius 2 is 1.83 bits per heavy atom. The highest BCUT2D eigenvalue weighted by Gasteiger charge is 2.24. The highest BCUT2D eigenvalue weighted by molar-refractivity contribution is 5.73. The van der Waals surface area contributed by atoms with Crippen molar-refractivity contribution in [1.82, 2.24) is 0 Å². The van der Waals surface area contributed by atoms with E-state index in [1.54, 1.807) is 7.11 Å². The molecule has 18 heavy (non-hydrogen) atoms. The summed E-state index contributed by atoms with van der Waals surface area (Å²) in [7, 11) is 1.65. The van der Waals surface area contributed by atoms with Crippen LogP contribution in [-0.4, -0.2) is 13.2 Å². The molecule has 3 heteroatoms. The number of para-hydroxylation sites is 1. The lowest BCUT2D eigenvalue weighted by molar-refractivity contribution is 0.281. The van der Waals surface area contributed by atoms with Crippen molar-refractivity contribution in [3.05, 3.63) is 18.2 Å². The van der Waals surface area contributed by atoms with Crippen LogP contribution in [0.3, 0.4) is 0 Å². The molecule has 0 aliphatic heterocycles. The Labute approximate surface area is 110 Å². The Bertz CT molecular complexity index is 395. The van der Waals surface area contributed by atoms with Gasteiger partial charge in [-0.15, -0.1) is 0 Å². The van der Waals surface area contributed by atoms with Crippen LogP contribution >= 0.6 is 0 Å². The zero-order chi connectivity index (χ0) is 13.1. The maximum Gasteiger partial charge on any atom is 0.143 e. The maximum atomic E-state index is 6.09. The Morgan fingerprint density at radius 1 is 1.17 bits per heavy atom. The number of hydrogen-bond donors (Lipinski definition) is 2. The van der Waals surface area contributed by atoms with E-state index in [9.17, 15) is 0 Å². The van der Waals surface area contributed by atoms with E-state index < -0.39 is 0 Å². The second-order valence-electron chi connectivity index (χ2n) is 5.68. The Kier molecular flexibility index (Phi) is 4.00. The molecule has 1 aliphatic rings. The molecule has 1 aromatic rings. The molecule has 1 saturated carbocycles. The van der Waals surface area contributed by atoms with Gasteiger partial charge in [-0.1, -0.05) is 19.9 Å². The molecule has 0 bridgehead atoms. The van der Waals surface area contributed by atoms with Crippen LogP contribution in [0.4, 0.5) is 11.4 Å². The van der Waals surface area contributed by atoms with Crippen LogP contribution in [0.15, 0.2) is 18.2 Å². The van der Waals surface area contributed by atoms with Gasteiger partial charge in [0.2, 0.25) is 0 Å². The van der Waals surface area contributed by atoms with E-state index in [1.165, 1.54) is 19.3 Å². The number of nitrogens with two attached hydrogens (primary N) is 1. The van der Waals surface area contributed by atoms with Crippen molar-refractivity contribution >= 4 is 11.4 Å². The van der Waals surface area contributed by atoms with Crippen molar-refractivity contribution in [3.63, 3.8) is 0 Å². The molecule has 100 valence electrons. The van der Waals surface area contributed by atoms with E-state index in [0.29, 0.717) is 11.7 Å². The third-order valence-corrected chi connectivity index (χ3v) is 3.82. The first-order valence-corrected chi connectivity index (χ1v) is 6.79. The summed E-state index contributed by atoms with van der Waals surface area (Å²) in [6.07, 6.45) is 3.79. The summed E-state index contributed by atoms with van der Waals surface area (Å²) >= 11 is 0. The van der Waals surface area contributed by atoms with Gasteiger partial charge < -0.3 is 15.8 Å². The van der Waals surface area contributed by atoms with Crippen molar-refractivity contribution in [1.29, 1.82) is 0 Å². The van der Waals surface area contributed by atoms with Gasteiger partial charge in [-0.25, -0.2) is 0 Å². The minimum atomic E-state index is 0.526. The smallest absolute Gasteiger partial charge is 0.143 e. The van der Waals surface area contributed by atoms with E-state index >= 15 is 0 Å². The fourth-order valence-electron chi connectivity index (χ4n) is 3.13. The van der Waals surface area contributed by atoms with E-state index in [0.717, 1.165) is 23.3 Å². The van der Waals surface area contributed by atoms with Crippen LogP contribution in [0.2, 0.25) is 0 Å². The molecule has 0 radical (unpaired) electrons. The van der Waals surface area contributed by atoms with E-state index in [4.69, 9.17) is 10.5 Å². The summed E-state index contributed by atoms with van der Waals surface area (Å²) in [6, 6.07) is 6.43. The topological polar surface area (TPSA) is 47.3 Å². The van der Waals surface area contributed by atoms with Crippen LogP contribution < -0.4 is 15.8 Å². The van der Waals surface area contributed by atoms with Gasteiger partial charge in [-0.3, -0.25) is 0 Å². The number of ether oxygens (including phenoxy) is 1. The predicted molar refractivity (Wildman–Crippen MR) is 77.0 cm³/mol. The fraction of sp³-hybridized carbons (Fsp3) is 0.600. The second kappa shape index (κ2) is 5.51. The molecule has 3 nitrogen and oxygen atoms in total. The van der Waals surface area contributed by atoms with Crippen molar-refractivity contribution in [3.8, 4) is 5.75 Å². The number of rotatable bonds is 3. The zero-order valence-corrected chi connectivity index (χ0v) is 11.6. The van der Waals surface area contributed by atoms with E-state index in [2.05, 4.69) is 19.2 Å². The van der Waals surface area contributed by atoms with Crippen molar-refractivity contribution in [2.45, 2.75) is 39.2 Å². The number of anilines is 2. The van der Waals surface area contributed by atoms with Gasteiger partial charge in [0.1, 0.15) is 5.75 Å². The number of nitrogens with one attached hydrogen (secondary N) is 1. The predicted octanol–water partition coefficient (Wildman–Crippen LogP) is 3.51. The van der Waals surface area contributed by atoms with Gasteiger partial charge in [-0.05, 0) is 43.2 Å². The van der Waals surface area contributed by atoms with Crippen molar-refractivity contribution in [2.24, 2.45) is 11.8 Å². The van der Waals surface area contributed by atoms with Gasteiger partial charge in [0.05, 0.1) is 18.5 Å². The normalized spacial score (nSPS) is 27.8. The molecule has 2 rings (SSSR count). The summed E-state index contributed by atoms with van der Waals surface area (Å²) in [5, 5.41) is 3.58. The summed E-state index contributed by atoms with van der Waals surface area (Å²) in [5.41, 5.74) is 7.81. The largest absolute Gasteiger partial charge is 0.495 e. The monoisotopic (exact) mass is 248 g/mol. The average molecular weight is 248 g/mol. The zero-order valence-electron chi connectivity index (χ0n) is 11.6. The second-order valence-corrected chi connectivity index (χ2v) is 5.68. The first-order chi connectivity index (χ1) is 8.60. The lowest BCUT2D eigenvalue weighted by Crippen LogP contribution is -2.30. The number of hydrogen-bond acceptors (Lipinski definition) is 3. The SMILES string of the molecule is COc1cccc(NC2CC(C)CC(C)C2)c1N. The van der Waals surface area contributed by atoms with Gasteiger partial charge in [0, 0.05) is 6.04 Å². The Morgan fingerprint density at radius 3 is 2.44 bits per heavy atom. The Hall–Kier alpha value is -1.38. The first kappa shape index (κ1) is 13.1. The molecule has 1 fully saturated rings. The minimum absolute atomic E-state index is 0.526. The van der Waals surface area contributed by atoms with Crippen molar-refractivity contribution < 1.29 is 4.74 Å². The van der Waals surface area contributed by atoms with Crippen LogP contribution in [0.1, 0.15) is 33.1 Å². The van der Waals surface area contributed by atoms with E-state index in [1.807, 2.05) is 18.2 Å². The van der Waals surface area contributed by atoms with Crippen molar-refractivity contribution in [2.75, 3.05) is 18.2 Å². The number of methoxy groups -OCH3 is 1. The Balaban J connectivity index is 2.09. The van der Waals surface area contributed by atoms with E-state index in [-0.39, 0.29) is 0 Å². The molecule has 0 aromatic heterocycles. The van der Waals surface area contributed by atoms with Crippen LogP contribution in [0, 0.1) is 11.8 Å². The quantitative estimate of drug-likeness (QED) is 0.805. The molecule has 1 aliphatic carbocycles. The van der Waals surface area contributed by atoms with Gasteiger partial charge in [0.25, 0.3) is 0 Å². The highest BCUT2D eigenvalue weighted by atomic mass is 16.5. The molecule has 2 atom stereocenters. The molecule has 0 heterocycles. The van der Waals surface area contributed by atoms with Gasteiger partial charge in [0.15, 0.2) is 0 Å². The number of nitrogen functional groups attached to an aromatic ring is 1. The van der Waals surface area contributed by atoms with Crippen LogP contribution in [0.25, 0.3) is 0 Å². The van der Waals surface area contributed by atoms with Crippen LogP contribution in [-0.2, 0) is 0 Å². The number of benzene rings is 1.